The molecule has 0 aliphatic heterocycles. The molecule has 0 fully saturated rings. The second kappa shape index (κ2) is 10.9. The molecule has 9 nitrogen and oxygen atoms in total. The van der Waals surface area contributed by atoms with Gasteiger partial charge in [-0.1, -0.05) is 23.5 Å². The van der Waals surface area contributed by atoms with Gasteiger partial charge in [0.25, 0.3) is 0 Å². The number of carbonyl (C=O) groups excluding carboxylic acids is 1. The topological polar surface area (TPSA) is 125 Å². The smallest absolute Gasteiger partial charge is 0.432 e. The fourth-order valence-electron chi connectivity index (χ4n) is 2.28. The predicted octanol–water partition coefficient (Wildman–Crippen LogP) is 2.23. The largest absolute Gasteiger partial charge is 0.463 e. The first kappa shape index (κ1) is 26.4. The number of benzene rings is 1. The molecule has 0 aliphatic rings. The van der Waals surface area contributed by atoms with Crippen LogP contribution in [0.2, 0.25) is 0 Å². The molecule has 0 atom stereocenters. The number of hydrogen-bond donors (Lipinski definition) is 2. The highest BCUT2D eigenvalue weighted by molar-refractivity contribution is 7.90. The number of alkyl halides is 3. The average molecular weight is 506 g/mol. The van der Waals surface area contributed by atoms with E-state index in [0.29, 0.717) is 18.2 Å². The third kappa shape index (κ3) is 8.22. The van der Waals surface area contributed by atoms with Gasteiger partial charge in [-0.3, -0.25) is 10.2 Å². The molecule has 1 aromatic carbocycles. The van der Waals surface area contributed by atoms with Crippen LogP contribution in [0.4, 0.5) is 13.2 Å². The van der Waals surface area contributed by atoms with Crippen molar-refractivity contribution in [3.63, 3.8) is 0 Å². The van der Waals surface area contributed by atoms with Crippen molar-refractivity contribution in [3.05, 3.63) is 35.3 Å². The summed E-state index contributed by atoms with van der Waals surface area (Å²) in [6.45, 7) is 0.118. The fraction of sp³-hybridized carbons (Fsp3) is 0.368. The van der Waals surface area contributed by atoms with E-state index in [2.05, 4.69) is 15.5 Å². The van der Waals surface area contributed by atoms with E-state index in [1.807, 2.05) is 0 Å². The molecule has 2 N–H and O–H groups in total. The summed E-state index contributed by atoms with van der Waals surface area (Å²) in [5.74, 6) is -0.702. The first-order chi connectivity index (χ1) is 15.3. The Kier molecular flexibility index (Phi) is 8.69. The summed E-state index contributed by atoms with van der Waals surface area (Å²) in [7, 11) is 0.0908. The number of sulfone groups is 1. The fourth-order valence-corrected chi connectivity index (χ4v) is 3.78. The minimum Gasteiger partial charge on any atom is -0.463 e. The Labute approximate surface area is 192 Å². The van der Waals surface area contributed by atoms with Crippen molar-refractivity contribution in [1.29, 1.82) is 5.41 Å². The highest BCUT2D eigenvalue weighted by atomic mass is 32.2. The van der Waals surface area contributed by atoms with Crippen molar-refractivity contribution in [3.8, 4) is 10.6 Å². The highest BCUT2D eigenvalue weighted by Crippen LogP contribution is 2.29. The summed E-state index contributed by atoms with van der Waals surface area (Å²) in [6, 6.07) is 5.86. The molecule has 14 heteroatoms. The van der Waals surface area contributed by atoms with Crippen LogP contribution in [0.15, 0.2) is 35.2 Å². The first-order valence-electron chi connectivity index (χ1n) is 9.33. The normalized spacial score (nSPS) is 12.6. The van der Waals surface area contributed by atoms with Crippen LogP contribution in [-0.2, 0) is 19.4 Å². The lowest BCUT2D eigenvalue weighted by Crippen LogP contribution is -2.28. The maximum Gasteiger partial charge on any atom is 0.432 e. The van der Waals surface area contributed by atoms with Crippen LogP contribution >= 0.6 is 11.3 Å². The average Bonchev–Trinajstić information content (AvgIpc) is 3.19. The van der Waals surface area contributed by atoms with Crippen LogP contribution in [0.1, 0.15) is 5.01 Å². The number of ether oxygens (including phenoxy) is 1. The Morgan fingerprint density at radius 3 is 2.61 bits per heavy atom. The second-order valence-corrected chi connectivity index (χ2v) is 10.1. The molecule has 0 radical (unpaired) electrons. The van der Waals surface area contributed by atoms with Crippen molar-refractivity contribution >= 4 is 38.6 Å². The molecule has 0 spiro atoms. The van der Waals surface area contributed by atoms with E-state index in [9.17, 15) is 26.4 Å². The Morgan fingerprint density at radius 2 is 2.00 bits per heavy atom. The zero-order valence-corrected chi connectivity index (χ0v) is 19.6. The van der Waals surface area contributed by atoms with Crippen LogP contribution in [0, 0.1) is 5.41 Å². The molecule has 0 amide bonds. The Bertz CT molecular complexity index is 1140. The summed E-state index contributed by atoms with van der Waals surface area (Å²) in [5, 5.41) is 17.8. The number of nitrogens with zero attached hydrogens (tertiary/aromatic N) is 3. The first-order valence-corrected chi connectivity index (χ1v) is 12.0. The molecular weight excluding hydrogens is 483 g/mol. The standard InChI is InChI=1S/C19H22F3N5O4S2/c1-27(2)7-8-31-16(28)11-24-14(10-15(23)19(20,21)22)18-26-25-17(32-18)12-5-4-6-13(9-12)33(3,29)30/h4-6,9-10,23-24H,7-8,11H2,1-3H3/b14-10-,23-15?. The number of carbonyl (C=O) groups is 1. The summed E-state index contributed by atoms with van der Waals surface area (Å²) in [4.78, 5) is 13.7. The summed E-state index contributed by atoms with van der Waals surface area (Å²) in [6.07, 6.45) is -3.36. The molecule has 0 bridgehead atoms. The summed E-state index contributed by atoms with van der Waals surface area (Å²) in [5.41, 5.74) is -1.50. The van der Waals surface area contributed by atoms with Gasteiger partial charge in [0.2, 0.25) is 0 Å². The highest BCUT2D eigenvalue weighted by Gasteiger charge is 2.33. The van der Waals surface area contributed by atoms with Gasteiger partial charge in [-0.15, -0.1) is 10.2 Å². The zero-order valence-electron chi connectivity index (χ0n) is 17.9. The van der Waals surface area contributed by atoms with E-state index in [1.54, 1.807) is 25.1 Å². The number of halogens is 3. The van der Waals surface area contributed by atoms with Crippen molar-refractivity contribution < 1.29 is 31.1 Å². The maximum atomic E-state index is 12.9. The van der Waals surface area contributed by atoms with Crippen molar-refractivity contribution in [2.24, 2.45) is 0 Å². The molecule has 2 rings (SSSR count). The van der Waals surface area contributed by atoms with Crippen LogP contribution in [-0.4, -0.2) is 81.4 Å². The van der Waals surface area contributed by atoms with Crippen LogP contribution < -0.4 is 5.32 Å². The van der Waals surface area contributed by atoms with E-state index < -0.39 is 34.2 Å². The van der Waals surface area contributed by atoms with Gasteiger partial charge in [-0.25, -0.2) is 8.42 Å². The molecular formula is C19H22F3N5O4S2. The van der Waals surface area contributed by atoms with E-state index >= 15 is 0 Å². The summed E-state index contributed by atoms with van der Waals surface area (Å²) >= 11 is 0.869. The van der Waals surface area contributed by atoms with E-state index in [1.165, 1.54) is 18.2 Å². The van der Waals surface area contributed by atoms with Crippen molar-refractivity contribution in [2.75, 3.05) is 40.0 Å². The minimum absolute atomic E-state index is 0.0233. The van der Waals surface area contributed by atoms with E-state index in [-0.39, 0.29) is 27.2 Å². The van der Waals surface area contributed by atoms with E-state index in [4.69, 9.17) is 10.1 Å². The Balaban J connectivity index is 2.28. The lowest BCUT2D eigenvalue weighted by atomic mass is 10.2. The minimum atomic E-state index is -4.91. The molecule has 0 unspecified atom stereocenters. The van der Waals surface area contributed by atoms with Gasteiger partial charge in [-0.2, -0.15) is 13.2 Å². The lowest BCUT2D eigenvalue weighted by Gasteiger charge is -2.12. The van der Waals surface area contributed by atoms with Crippen LogP contribution in [0.3, 0.4) is 0 Å². The monoisotopic (exact) mass is 505 g/mol. The third-order valence-corrected chi connectivity index (χ3v) is 6.10. The number of esters is 1. The molecule has 180 valence electrons. The Hall–Kier alpha value is -2.84. The SMILES string of the molecule is CN(C)CCOC(=O)CN/C(=C\C(=N)C(F)(F)F)c1nnc(-c2cccc(S(C)(=O)=O)c2)s1. The molecule has 33 heavy (non-hydrogen) atoms. The molecule has 0 saturated heterocycles. The van der Waals surface area contributed by atoms with Gasteiger partial charge in [0.05, 0.1) is 10.6 Å². The van der Waals surface area contributed by atoms with Gasteiger partial charge in [-0.05, 0) is 32.3 Å². The van der Waals surface area contributed by atoms with Gasteiger partial charge >= 0.3 is 12.1 Å². The zero-order chi connectivity index (χ0) is 24.8. The maximum absolute atomic E-state index is 12.9. The molecule has 2 aromatic rings. The number of nitrogens with one attached hydrogen (secondary N) is 2. The van der Waals surface area contributed by atoms with E-state index in [0.717, 1.165) is 17.6 Å². The molecule has 1 heterocycles. The second-order valence-electron chi connectivity index (χ2n) is 7.06. The van der Waals surface area contributed by atoms with Gasteiger partial charge in [0.15, 0.2) is 14.8 Å². The molecule has 1 aromatic heterocycles. The van der Waals surface area contributed by atoms with Gasteiger partial charge in [0.1, 0.15) is 23.9 Å². The number of rotatable bonds is 10. The molecule has 0 aliphatic carbocycles. The van der Waals surface area contributed by atoms with Crippen LogP contribution in [0.25, 0.3) is 16.3 Å². The molecule has 0 saturated carbocycles. The number of likely N-dealkylation sites (N-methyl/N-ethyl adjacent to an activating group) is 1. The van der Waals surface area contributed by atoms with Crippen LogP contribution in [0.5, 0.6) is 0 Å². The van der Waals surface area contributed by atoms with Crippen molar-refractivity contribution in [1.82, 2.24) is 20.4 Å². The lowest BCUT2D eigenvalue weighted by molar-refractivity contribution is -0.142. The third-order valence-electron chi connectivity index (χ3n) is 3.98. The predicted molar refractivity (Wildman–Crippen MR) is 118 cm³/mol. The van der Waals surface area contributed by atoms with Crippen molar-refractivity contribution in [2.45, 2.75) is 11.1 Å². The van der Waals surface area contributed by atoms with Gasteiger partial charge in [0, 0.05) is 18.4 Å². The quantitative estimate of drug-likeness (QED) is 0.372. The number of aromatic nitrogens is 2. The number of hydrogen-bond acceptors (Lipinski definition) is 10. The van der Waals surface area contributed by atoms with Gasteiger partial charge < -0.3 is 15.0 Å². The number of allylic oxidation sites excluding steroid dienone is 1. The summed E-state index contributed by atoms with van der Waals surface area (Å²) < 4.78 is 67.3. The Morgan fingerprint density at radius 1 is 1.30 bits per heavy atom.